The summed E-state index contributed by atoms with van der Waals surface area (Å²) >= 11 is 0. The normalized spacial score (nSPS) is 11.5. The zero-order chi connectivity index (χ0) is 16.7. The Balaban J connectivity index is 1.96. The van der Waals surface area contributed by atoms with Gasteiger partial charge in [-0.15, -0.1) is 0 Å². The zero-order valence-corrected chi connectivity index (χ0v) is 12.3. The Bertz CT molecular complexity index is 676. The number of nitro groups is 1. The van der Waals surface area contributed by atoms with E-state index >= 15 is 0 Å². The first-order valence-corrected chi connectivity index (χ1v) is 7.06. The van der Waals surface area contributed by atoms with Crippen LogP contribution in [0.5, 0.6) is 0 Å². The van der Waals surface area contributed by atoms with Gasteiger partial charge in [0.2, 0.25) is 0 Å². The molecule has 0 saturated heterocycles. The number of urea groups is 1. The number of nitrogens with one attached hydrogen (secondary N) is 2. The molecular weight excluding hydrogens is 298 g/mol. The van der Waals surface area contributed by atoms with Gasteiger partial charge in [-0.05, 0) is 11.6 Å². The summed E-state index contributed by atoms with van der Waals surface area (Å²) in [5.41, 5.74) is 0.848. The van der Waals surface area contributed by atoms with Crippen molar-refractivity contribution in [3.05, 3.63) is 70.3 Å². The van der Waals surface area contributed by atoms with E-state index < -0.39 is 11.0 Å². The Morgan fingerprint density at radius 3 is 2.43 bits per heavy atom. The predicted molar refractivity (Wildman–Crippen MR) is 86.4 cm³/mol. The third-order valence-electron chi connectivity index (χ3n) is 3.35. The van der Waals surface area contributed by atoms with Gasteiger partial charge in [-0.1, -0.05) is 42.5 Å². The Kier molecular flexibility index (Phi) is 5.65. The largest absolute Gasteiger partial charge is 0.396 e. The lowest BCUT2D eigenvalue weighted by Crippen LogP contribution is -2.33. The molecule has 0 aliphatic heterocycles. The van der Waals surface area contributed by atoms with Crippen molar-refractivity contribution in [1.29, 1.82) is 0 Å². The second-order valence-corrected chi connectivity index (χ2v) is 4.90. The van der Waals surface area contributed by atoms with E-state index in [-0.39, 0.29) is 30.4 Å². The molecule has 120 valence electrons. The number of amides is 2. The minimum absolute atomic E-state index is 0.115. The molecule has 0 radical (unpaired) electrons. The van der Waals surface area contributed by atoms with Gasteiger partial charge >= 0.3 is 6.03 Å². The molecule has 0 unspecified atom stereocenters. The summed E-state index contributed by atoms with van der Waals surface area (Å²) in [6.45, 7) is 0.1000. The Labute approximate surface area is 133 Å². The van der Waals surface area contributed by atoms with Gasteiger partial charge in [-0.3, -0.25) is 10.1 Å². The number of rotatable bonds is 6. The monoisotopic (exact) mass is 315 g/mol. The lowest BCUT2D eigenvalue weighted by atomic mass is 10.0. The molecule has 2 aromatic rings. The summed E-state index contributed by atoms with van der Waals surface area (Å²) < 4.78 is 0. The van der Waals surface area contributed by atoms with E-state index in [0.717, 1.165) is 5.56 Å². The topological polar surface area (TPSA) is 104 Å². The minimum atomic E-state index is -0.561. The number of carbonyl (C=O) groups is 1. The molecule has 0 aliphatic carbocycles. The molecule has 2 rings (SSSR count). The lowest BCUT2D eigenvalue weighted by molar-refractivity contribution is -0.383. The van der Waals surface area contributed by atoms with Gasteiger partial charge in [0.25, 0.3) is 5.69 Å². The van der Waals surface area contributed by atoms with Crippen LogP contribution in [0.25, 0.3) is 0 Å². The first-order valence-electron chi connectivity index (χ1n) is 7.06. The molecule has 0 aliphatic rings. The molecule has 0 saturated carbocycles. The van der Waals surface area contributed by atoms with Crippen LogP contribution in [0.3, 0.4) is 0 Å². The molecule has 2 amide bonds. The van der Waals surface area contributed by atoms with Crippen LogP contribution in [-0.4, -0.2) is 29.2 Å². The van der Waals surface area contributed by atoms with Crippen LogP contribution in [0.15, 0.2) is 54.6 Å². The third-order valence-corrected chi connectivity index (χ3v) is 3.35. The number of nitro benzene ring substituents is 1. The van der Waals surface area contributed by atoms with Gasteiger partial charge in [0.05, 0.1) is 11.5 Å². The van der Waals surface area contributed by atoms with Gasteiger partial charge < -0.3 is 15.7 Å². The SMILES string of the molecule is O=C(NC[C@@H](CO)c1ccccc1)Nc1ccccc1[N+](=O)[O-]. The van der Waals surface area contributed by atoms with Crippen LogP contribution >= 0.6 is 0 Å². The fraction of sp³-hybridized carbons (Fsp3) is 0.188. The quantitative estimate of drug-likeness (QED) is 0.562. The highest BCUT2D eigenvalue weighted by molar-refractivity contribution is 5.91. The van der Waals surface area contributed by atoms with Gasteiger partial charge in [-0.2, -0.15) is 0 Å². The van der Waals surface area contributed by atoms with Gasteiger partial charge in [0.1, 0.15) is 5.69 Å². The molecular formula is C16H17N3O4. The van der Waals surface area contributed by atoms with Crippen molar-refractivity contribution in [2.45, 2.75) is 5.92 Å². The van der Waals surface area contributed by atoms with Crippen molar-refractivity contribution in [3.8, 4) is 0 Å². The maximum Gasteiger partial charge on any atom is 0.319 e. The van der Waals surface area contributed by atoms with Gasteiger partial charge in [0, 0.05) is 18.5 Å². The van der Waals surface area contributed by atoms with E-state index in [1.54, 1.807) is 6.07 Å². The smallest absolute Gasteiger partial charge is 0.319 e. The summed E-state index contributed by atoms with van der Waals surface area (Å²) in [6.07, 6.45) is 0. The van der Waals surface area contributed by atoms with Crippen LogP contribution in [0.4, 0.5) is 16.2 Å². The van der Waals surface area contributed by atoms with E-state index in [0.29, 0.717) is 0 Å². The number of aliphatic hydroxyl groups is 1. The number of nitrogens with zero attached hydrogens (tertiary/aromatic N) is 1. The van der Waals surface area contributed by atoms with E-state index in [1.807, 2.05) is 30.3 Å². The number of hydrogen-bond acceptors (Lipinski definition) is 4. The molecule has 0 heterocycles. The molecule has 1 atom stereocenters. The van der Waals surface area contributed by atoms with Crippen LogP contribution in [0, 0.1) is 10.1 Å². The number of carbonyl (C=O) groups excluding carboxylic acids is 1. The van der Waals surface area contributed by atoms with Crippen molar-refractivity contribution < 1.29 is 14.8 Å². The van der Waals surface area contributed by atoms with Crippen LogP contribution in [-0.2, 0) is 0 Å². The minimum Gasteiger partial charge on any atom is -0.396 e. The van der Waals surface area contributed by atoms with Crippen LogP contribution in [0.2, 0.25) is 0 Å². The van der Waals surface area contributed by atoms with E-state index in [2.05, 4.69) is 10.6 Å². The van der Waals surface area contributed by atoms with Crippen LogP contribution in [0.1, 0.15) is 11.5 Å². The number of benzene rings is 2. The Morgan fingerprint density at radius 1 is 1.13 bits per heavy atom. The maximum absolute atomic E-state index is 11.9. The summed E-state index contributed by atoms with van der Waals surface area (Å²) in [5.74, 6) is -0.243. The number of para-hydroxylation sites is 2. The maximum atomic E-state index is 11.9. The van der Waals surface area contributed by atoms with Crippen molar-refractivity contribution in [3.63, 3.8) is 0 Å². The van der Waals surface area contributed by atoms with Gasteiger partial charge in [0.15, 0.2) is 0 Å². The summed E-state index contributed by atoms with van der Waals surface area (Å²) in [7, 11) is 0. The molecule has 2 aromatic carbocycles. The number of aliphatic hydroxyl groups excluding tert-OH is 1. The first kappa shape index (κ1) is 16.4. The molecule has 0 fully saturated rings. The predicted octanol–water partition coefficient (Wildman–Crippen LogP) is 2.49. The molecule has 0 spiro atoms. The highest BCUT2D eigenvalue weighted by Gasteiger charge is 2.16. The van der Waals surface area contributed by atoms with Crippen molar-refractivity contribution in [2.75, 3.05) is 18.5 Å². The van der Waals surface area contributed by atoms with Crippen LogP contribution < -0.4 is 10.6 Å². The second-order valence-electron chi connectivity index (χ2n) is 4.90. The highest BCUT2D eigenvalue weighted by Crippen LogP contribution is 2.23. The standard InChI is InChI=1S/C16H17N3O4/c20-11-13(12-6-2-1-3-7-12)10-17-16(21)18-14-8-4-5-9-15(14)19(22)23/h1-9,13,20H,10-11H2,(H2,17,18,21)/t13-/m0/s1. The third kappa shape index (κ3) is 4.52. The fourth-order valence-electron chi connectivity index (χ4n) is 2.13. The zero-order valence-electron chi connectivity index (χ0n) is 12.3. The average Bonchev–Trinajstić information content (AvgIpc) is 2.56. The summed E-state index contributed by atoms with van der Waals surface area (Å²) in [6, 6.07) is 14.6. The number of anilines is 1. The van der Waals surface area contributed by atoms with E-state index in [9.17, 15) is 20.0 Å². The average molecular weight is 315 g/mol. The van der Waals surface area contributed by atoms with Crippen molar-refractivity contribution >= 4 is 17.4 Å². The first-order chi connectivity index (χ1) is 11.1. The molecule has 7 nitrogen and oxygen atoms in total. The van der Waals surface area contributed by atoms with Crippen molar-refractivity contribution in [2.24, 2.45) is 0 Å². The lowest BCUT2D eigenvalue weighted by Gasteiger charge is -2.16. The molecule has 7 heteroatoms. The fourth-order valence-corrected chi connectivity index (χ4v) is 2.13. The summed E-state index contributed by atoms with van der Waals surface area (Å²) in [4.78, 5) is 22.3. The second kappa shape index (κ2) is 7.90. The van der Waals surface area contributed by atoms with Crippen molar-refractivity contribution in [1.82, 2.24) is 5.32 Å². The Hall–Kier alpha value is -2.93. The Morgan fingerprint density at radius 2 is 1.78 bits per heavy atom. The highest BCUT2D eigenvalue weighted by atomic mass is 16.6. The number of hydrogen-bond donors (Lipinski definition) is 3. The molecule has 23 heavy (non-hydrogen) atoms. The molecule has 0 aromatic heterocycles. The van der Waals surface area contributed by atoms with E-state index in [1.165, 1.54) is 18.2 Å². The summed E-state index contributed by atoms with van der Waals surface area (Å²) in [5, 5.41) is 25.4. The molecule has 0 bridgehead atoms. The molecule has 3 N–H and O–H groups in total. The van der Waals surface area contributed by atoms with Gasteiger partial charge in [-0.25, -0.2) is 4.79 Å². The van der Waals surface area contributed by atoms with E-state index in [4.69, 9.17) is 0 Å².